The third-order valence-electron chi connectivity index (χ3n) is 3.98. The first-order valence-electron chi connectivity index (χ1n) is 7.87. The Hall–Kier alpha value is -2.27. The van der Waals surface area contributed by atoms with Crippen LogP contribution in [0.15, 0.2) is 36.5 Å². The van der Waals surface area contributed by atoms with Crippen LogP contribution >= 0.6 is 11.6 Å². The third kappa shape index (κ3) is 3.97. The zero-order valence-electron chi connectivity index (χ0n) is 13.8. The van der Waals surface area contributed by atoms with E-state index in [1.54, 1.807) is 25.4 Å². The monoisotopic (exact) mass is 345 g/mol. The summed E-state index contributed by atoms with van der Waals surface area (Å²) >= 11 is 6.09. The van der Waals surface area contributed by atoms with Crippen LogP contribution in [0.4, 0.5) is 5.69 Å². The first kappa shape index (κ1) is 16.6. The lowest BCUT2D eigenvalue weighted by molar-refractivity contribution is 0.0946. The lowest BCUT2D eigenvalue weighted by Crippen LogP contribution is -2.26. The summed E-state index contributed by atoms with van der Waals surface area (Å²) in [6.07, 6.45) is 3.77. The molecule has 5 nitrogen and oxygen atoms in total. The first-order chi connectivity index (χ1) is 11.6. The molecule has 0 saturated heterocycles. The van der Waals surface area contributed by atoms with Crippen molar-refractivity contribution in [3.63, 3.8) is 0 Å². The van der Waals surface area contributed by atoms with Gasteiger partial charge in [-0.15, -0.1) is 0 Å². The maximum absolute atomic E-state index is 12.1. The highest BCUT2D eigenvalue weighted by atomic mass is 35.5. The van der Waals surface area contributed by atoms with E-state index in [2.05, 4.69) is 10.3 Å². The highest BCUT2D eigenvalue weighted by molar-refractivity contribution is 6.30. The van der Waals surface area contributed by atoms with Crippen LogP contribution in [-0.4, -0.2) is 31.1 Å². The molecule has 6 heteroatoms. The van der Waals surface area contributed by atoms with Crippen LogP contribution in [0.1, 0.15) is 28.9 Å². The lowest BCUT2D eigenvalue weighted by Gasteiger charge is -2.21. The Kier molecular flexibility index (Phi) is 4.90. The van der Waals surface area contributed by atoms with Gasteiger partial charge >= 0.3 is 0 Å². The lowest BCUT2D eigenvalue weighted by atomic mass is 10.1. The number of amides is 1. The molecule has 1 fully saturated rings. The molecule has 0 atom stereocenters. The van der Waals surface area contributed by atoms with Crippen LogP contribution in [0.5, 0.6) is 5.75 Å². The number of anilines is 1. The minimum atomic E-state index is -0.118. The van der Waals surface area contributed by atoms with Crippen LogP contribution < -0.4 is 15.0 Å². The number of nitrogens with one attached hydrogen (secondary N) is 1. The predicted octanol–water partition coefficient (Wildman–Crippen LogP) is 3.27. The number of carbonyl (C=O) groups is 1. The highest BCUT2D eigenvalue weighted by Gasteiger charge is 2.24. The van der Waals surface area contributed by atoms with E-state index in [9.17, 15) is 4.79 Å². The number of rotatable bonds is 6. The van der Waals surface area contributed by atoms with E-state index in [0.717, 1.165) is 29.8 Å². The van der Waals surface area contributed by atoms with Gasteiger partial charge in [-0.3, -0.25) is 9.78 Å². The number of ether oxygens (including phenoxy) is 1. The summed E-state index contributed by atoms with van der Waals surface area (Å²) in [6.45, 7) is 0.609. The summed E-state index contributed by atoms with van der Waals surface area (Å²) in [5.74, 6) is 0.667. The van der Waals surface area contributed by atoms with Crippen molar-refractivity contribution in [3.8, 4) is 5.75 Å². The van der Waals surface area contributed by atoms with Gasteiger partial charge in [0.15, 0.2) is 0 Å². The average Bonchev–Trinajstić information content (AvgIpc) is 3.39. The van der Waals surface area contributed by atoms with Crippen molar-refractivity contribution in [2.75, 3.05) is 19.1 Å². The first-order valence-corrected chi connectivity index (χ1v) is 8.25. The summed E-state index contributed by atoms with van der Waals surface area (Å²) in [5.41, 5.74) is 2.32. The van der Waals surface area contributed by atoms with E-state index in [4.69, 9.17) is 16.3 Å². The van der Waals surface area contributed by atoms with Crippen LogP contribution in [-0.2, 0) is 6.54 Å². The molecule has 0 radical (unpaired) electrons. The molecule has 126 valence electrons. The van der Waals surface area contributed by atoms with Crippen LogP contribution in [0, 0.1) is 0 Å². The minimum Gasteiger partial charge on any atom is -0.496 e. The van der Waals surface area contributed by atoms with E-state index in [1.807, 2.05) is 30.1 Å². The molecule has 1 heterocycles. The summed E-state index contributed by atoms with van der Waals surface area (Å²) in [6, 6.07) is 9.54. The molecule has 1 aromatic heterocycles. The van der Waals surface area contributed by atoms with E-state index in [0.29, 0.717) is 23.3 Å². The van der Waals surface area contributed by atoms with Gasteiger partial charge in [0.05, 0.1) is 7.11 Å². The maximum atomic E-state index is 12.1. The largest absolute Gasteiger partial charge is 0.496 e. The van der Waals surface area contributed by atoms with Crippen molar-refractivity contribution < 1.29 is 9.53 Å². The topological polar surface area (TPSA) is 54.5 Å². The number of halogens is 1. The van der Waals surface area contributed by atoms with Crippen molar-refractivity contribution in [1.82, 2.24) is 10.3 Å². The molecule has 1 aromatic carbocycles. The van der Waals surface area contributed by atoms with Gasteiger partial charge in [-0.2, -0.15) is 0 Å². The molecule has 3 rings (SSSR count). The molecule has 0 unspecified atom stereocenters. The van der Waals surface area contributed by atoms with E-state index < -0.39 is 0 Å². The Balaban J connectivity index is 1.76. The fourth-order valence-electron chi connectivity index (χ4n) is 2.49. The predicted molar refractivity (Wildman–Crippen MR) is 94.8 cm³/mol. The minimum absolute atomic E-state index is 0.118. The second-order valence-electron chi connectivity index (χ2n) is 5.96. The van der Waals surface area contributed by atoms with Crippen molar-refractivity contribution in [3.05, 3.63) is 52.8 Å². The standard InChI is InChI=1S/C18H20ClN3O2/c1-22(11-12-9-13(19)3-6-17(12)24-2)15-7-8-20-16(10-15)18(23)21-14-4-5-14/h3,6-10,14H,4-5,11H2,1-2H3,(H,21,23). The molecule has 1 aliphatic rings. The van der Waals surface area contributed by atoms with Gasteiger partial charge in [-0.05, 0) is 43.2 Å². The van der Waals surface area contributed by atoms with Crippen LogP contribution in [0.2, 0.25) is 5.02 Å². The van der Waals surface area contributed by atoms with Crippen molar-refractivity contribution in [2.24, 2.45) is 0 Å². The summed E-state index contributed by atoms with van der Waals surface area (Å²) in [5, 5.41) is 3.62. The molecular weight excluding hydrogens is 326 g/mol. The molecule has 1 amide bonds. The Labute approximate surface area is 146 Å². The fourth-order valence-corrected chi connectivity index (χ4v) is 2.68. The molecule has 0 bridgehead atoms. The number of pyridine rings is 1. The smallest absolute Gasteiger partial charge is 0.270 e. The zero-order chi connectivity index (χ0) is 17.1. The molecule has 24 heavy (non-hydrogen) atoms. The zero-order valence-corrected chi connectivity index (χ0v) is 14.5. The molecule has 1 N–H and O–H groups in total. The van der Waals surface area contributed by atoms with Crippen molar-refractivity contribution >= 4 is 23.2 Å². The van der Waals surface area contributed by atoms with Gasteiger partial charge in [-0.25, -0.2) is 0 Å². The third-order valence-corrected chi connectivity index (χ3v) is 4.21. The fraction of sp³-hybridized carbons (Fsp3) is 0.333. The molecular formula is C18H20ClN3O2. The summed E-state index contributed by atoms with van der Waals surface area (Å²) < 4.78 is 5.39. The second-order valence-corrected chi connectivity index (χ2v) is 6.40. The number of methoxy groups -OCH3 is 1. The van der Waals surface area contributed by atoms with Gasteiger partial charge in [0.25, 0.3) is 5.91 Å². The SMILES string of the molecule is COc1ccc(Cl)cc1CN(C)c1ccnc(C(=O)NC2CC2)c1. The summed E-state index contributed by atoms with van der Waals surface area (Å²) in [4.78, 5) is 18.3. The summed E-state index contributed by atoms with van der Waals surface area (Å²) in [7, 11) is 3.59. The van der Waals surface area contributed by atoms with Gasteiger partial charge in [0.2, 0.25) is 0 Å². The number of carbonyl (C=O) groups excluding carboxylic acids is 1. The van der Waals surface area contributed by atoms with Crippen molar-refractivity contribution in [2.45, 2.75) is 25.4 Å². The number of hydrogen-bond donors (Lipinski definition) is 1. The molecule has 0 spiro atoms. The Morgan fingerprint density at radius 2 is 2.17 bits per heavy atom. The molecule has 1 aliphatic carbocycles. The Bertz CT molecular complexity index is 747. The van der Waals surface area contributed by atoms with E-state index in [1.165, 1.54) is 0 Å². The van der Waals surface area contributed by atoms with Gasteiger partial charge in [-0.1, -0.05) is 11.6 Å². The molecule has 2 aromatic rings. The van der Waals surface area contributed by atoms with Gasteiger partial charge in [0.1, 0.15) is 11.4 Å². The van der Waals surface area contributed by atoms with Crippen LogP contribution in [0.3, 0.4) is 0 Å². The van der Waals surface area contributed by atoms with E-state index >= 15 is 0 Å². The Morgan fingerprint density at radius 3 is 2.88 bits per heavy atom. The highest BCUT2D eigenvalue weighted by Crippen LogP contribution is 2.26. The number of aromatic nitrogens is 1. The van der Waals surface area contributed by atoms with E-state index in [-0.39, 0.29) is 5.91 Å². The quantitative estimate of drug-likeness (QED) is 0.873. The number of hydrogen-bond acceptors (Lipinski definition) is 4. The molecule has 0 aliphatic heterocycles. The van der Waals surface area contributed by atoms with Gasteiger partial charge in [0, 0.05) is 42.1 Å². The average molecular weight is 346 g/mol. The normalized spacial score (nSPS) is 13.5. The van der Waals surface area contributed by atoms with Crippen LogP contribution in [0.25, 0.3) is 0 Å². The number of nitrogens with zero attached hydrogens (tertiary/aromatic N) is 2. The Morgan fingerprint density at radius 1 is 1.38 bits per heavy atom. The number of benzene rings is 1. The maximum Gasteiger partial charge on any atom is 0.270 e. The van der Waals surface area contributed by atoms with Crippen molar-refractivity contribution in [1.29, 1.82) is 0 Å². The second kappa shape index (κ2) is 7.09. The molecule has 1 saturated carbocycles. The van der Waals surface area contributed by atoms with Gasteiger partial charge < -0.3 is 15.0 Å².